The smallest absolute Gasteiger partial charge is 0.272 e. The minimum atomic E-state index is -0.744. The van der Waals surface area contributed by atoms with Gasteiger partial charge in [0.2, 0.25) is 5.91 Å². The lowest BCUT2D eigenvalue weighted by molar-refractivity contribution is -0.116. The Morgan fingerprint density at radius 3 is 2.00 bits per heavy atom. The van der Waals surface area contributed by atoms with Crippen LogP contribution in [0.2, 0.25) is 0 Å². The van der Waals surface area contributed by atoms with E-state index >= 15 is 0 Å². The molecule has 52 heavy (non-hydrogen) atoms. The predicted octanol–water partition coefficient (Wildman–Crippen LogP) is 6.69. The van der Waals surface area contributed by atoms with E-state index in [-0.39, 0.29) is 17.2 Å². The van der Waals surface area contributed by atoms with E-state index in [9.17, 15) is 19.2 Å². The Morgan fingerprint density at radius 2 is 1.33 bits per heavy atom. The molecule has 0 aromatic heterocycles. The maximum absolute atomic E-state index is 13.9. The average Bonchev–Trinajstić information content (AvgIpc) is 3.17. The first-order chi connectivity index (χ1) is 25.2. The maximum atomic E-state index is 13.9. The molecule has 0 aliphatic heterocycles. The molecule has 0 spiro atoms. The zero-order valence-corrected chi connectivity index (χ0v) is 29.4. The molecule has 11 nitrogen and oxygen atoms in total. The zero-order valence-electron chi connectivity index (χ0n) is 28.5. The Hall–Kier alpha value is -6.53. The number of ether oxygens (including phenoxy) is 3. The number of amides is 4. The third kappa shape index (κ3) is 9.17. The second kappa shape index (κ2) is 17.4. The van der Waals surface area contributed by atoms with Gasteiger partial charge in [-0.05, 0) is 60.2 Å². The van der Waals surface area contributed by atoms with Crippen molar-refractivity contribution in [2.24, 2.45) is 5.73 Å². The molecule has 5 rings (SSSR count). The van der Waals surface area contributed by atoms with E-state index < -0.39 is 23.0 Å². The molecule has 0 saturated carbocycles. The molecule has 0 radical (unpaired) electrons. The van der Waals surface area contributed by atoms with Crippen LogP contribution in [0.1, 0.15) is 37.1 Å². The molecule has 0 fully saturated rings. The van der Waals surface area contributed by atoms with Crippen molar-refractivity contribution in [2.75, 3.05) is 32.0 Å². The third-order valence-corrected chi connectivity index (χ3v) is 8.95. The average molecular weight is 717 g/mol. The van der Waals surface area contributed by atoms with Gasteiger partial charge in [-0.25, -0.2) is 0 Å². The summed E-state index contributed by atoms with van der Waals surface area (Å²) < 4.78 is 16.4. The SMILES string of the molecule is COc1cc(OC)c(OC)cc1/C=C(/NC(=O)c1ccccc1)C(=O)Nc1cccc(SC(C(=O)Nc2ccccc2C(N)=O)c2ccccc2)c1. The van der Waals surface area contributed by atoms with Crippen LogP contribution in [-0.4, -0.2) is 45.0 Å². The summed E-state index contributed by atoms with van der Waals surface area (Å²) in [5.41, 5.74) is 7.86. The lowest BCUT2D eigenvalue weighted by atomic mass is 10.1. The molecule has 0 bridgehead atoms. The van der Waals surface area contributed by atoms with Gasteiger partial charge in [-0.1, -0.05) is 66.7 Å². The Bertz CT molecular complexity index is 2110. The van der Waals surface area contributed by atoms with Crippen LogP contribution in [0, 0.1) is 0 Å². The highest BCUT2D eigenvalue weighted by Crippen LogP contribution is 2.38. The topological polar surface area (TPSA) is 158 Å². The van der Waals surface area contributed by atoms with Crippen LogP contribution in [-0.2, 0) is 9.59 Å². The van der Waals surface area contributed by atoms with E-state index in [0.29, 0.717) is 50.2 Å². The van der Waals surface area contributed by atoms with Crippen LogP contribution in [0.4, 0.5) is 11.4 Å². The van der Waals surface area contributed by atoms with Gasteiger partial charge in [0.05, 0.1) is 32.6 Å². The summed E-state index contributed by atoms with van der Waals surface area (Å²) in [4.78, 5) is 53.6. The van der Waals surface area contributed by atoms with Gasteiger partial charge in [0.1, 0.15) is 16.7 Å². The molecule has 0 heterocycles. The van der Waals surface area contributed by atoms with Crippen molar-refractivity contribution < 1.29 is 33.4 Å². The second-order valence-electron chi connectivity index (χ2n) is 11.1. The Balaban J connectivity index is 1.44. The molecule has 1 atom stereocenters. The van der Waals surface area contributed by atoms with Crippen molar-refractivity contribution in [2.45, 2.75) is 10.1 Å². The Labute approximate surface area is 305 Å². The number of primary amides is 1. The van der Waals surface area contributed by atoms with Crippen molar-refractivity contribution in [1.29, 1.82) is 0 Å². The summed E-state index contributed by atoms with van der Waals surface area (Å²) in [6.45, 7) is 0. The van der Waals surface area contributed by atoms with Gasteiger partial charge in [-0.3, -0.25) is 19.2 Å². The van der Waals surface area contributed by atoms with Gasteiger partial charge in [-0.2, -0.15) is 0 Å². The number of methoxy groups -OCH3 is 3. The summed E-state index contributed by atoms with van der Waals surface area (Å²) in [6, 6.07) is 34.4. The summed E-state index contributed by atoms with van der Waals surface area (Å²) in [5.74, 6) is -0.977. The fourth-order valence-corrected chi connectivity index (χ4v) is 6.23. The van der Waals surface area contributed by atoms with E-state index in [1.807, 2.05) is 36.4 Å². The molecule has 5 aromatic rings. The Kier molecular flexibility index (Phi) is 12.3. The van der Waals surface area contributed by atoms with E-state index in [2.05, 4.69) is 16.0 Å². The molecule has 0 saturated heterocycles. The van der Waals surface area contributed by atoms with Crippen molar-refractivity contribution in [3.8, 4) is 17.2 Å². The second-order valence-corrected chi connectivity index (χ2v) is 12.3. The van der Waals surface area contributed by atoms with Gasteiger partial charge >= 0.3 is 0 Å². The van der Waals surface area contributed by atoms with Crippen LogP contribution < -0.4 is 35.9 Å². The number of nitrogens with two attached hydrogens (primary N) is 1. The first-order valence-corrected chi connectivity index (χ1v) is 16.8. The minimum absolute atomic E-state index is 0.0768. The van der Waals surface area contributed by atoms with Gasteiger partial charge in [0.15, 0.2) is 11.5 Å². The number of carbonyl (C=O) groups excluding carboxylic acids is 4. The molecule has 4 amide bonds. The lowest BCUT2D eigenvalue weighted by Gasteiger charge is -2.19. The van der Waals surface area contributed by atoms with Crippen LogP contribution in [0.25, 0.3) is 6.08 Å². The number of nitrogens with one attached hydrogen (secondary N) is 3. The van der Waals surface area contributed by atoms with Gasteiger partial charge in [0.25, 0.3) is 17.7 Å². The summed E-state index contributed by atoms with van der Waals surface area (Å²) in [5, 5.41) is 7.70. The molecule has 0 aliphatic rings. The van der Waals surface area contributed by atoms with Crippen molar-refractivity contribution in [1.82, 2.24) is 5.32 Å². The third-order valence-electron chi connectivity index (χ3n) is 7.70. The van der Waals surface area contributed by atoms with Gasteiger partial charge < -0.3 is 35.9 Å². The summed E-state index contributed by atoms with van der Waals surface area (Å²) in [7, 11) is 4.46. The number of rotatable bonds is 14. The number of thioether (sulfide) groups is 1. The highest BCUT2D eigenvalue weighted by molar-refractivity contribution is 8.00. The molecular weight excluding hydrogens is 681 g/mol. The van der Waals surface area contributed by atoms with Crippen LogP contribution >= 0.6 is 11.8 Å². The molecule has 5 N–H and O–H groups in total. The van der Waals surface area contributed by atoms with Crippen LogP contribution in [0.5, 0.6) is 17.2 Å². The predicted molar refractivity (Wildman–Crippen MR) is 202 cm³/mol. The fraction of sp³-hybridized carbons (Fsp3) is 0.100. The number of hydrogen-bond acceptors (Lipinski definition) is 8. The molecule has 264 valence electrons. The Morgan fingerprint density at radius 1 is 0.692 bits per heavy atom. The summed E-state index contributed by atoms with van der Waals surface area (Å²) in [6.07, 6.45) is 1.48. The quantitative estimate of drug-likeness (QED) is 0.0731. The van der Waals surface area contributed by atoms with Gasteiger partial charge in [0, 0.05) is 27.8 Å². The number of hydrogen-bond donors (Lipinski definition) is 4. The highest BCUT2D eigenvalue weighted by atomic mass is 32.2. The van der Waals surface area contributed by atoms with Crippen LogP contribution in [0.15, 0.2) is 132 Å². The first-order valence-electron chi connectivity index (χ1n) is 15.9. The van der Waals surface area contributed by atoms with Crippen molar-refractivity contribution in [3.63, 3.8) is 0 Å². The number of para-hydroxylation sites is 1. The van der Waals surface area contributed by atoms with E-state index in [1.165, 1.54) is 39.2 Å². The number of carbonyl (C=O) groups is 4. The van der Waals surface area contributed by atoms with E-state index in [1.54, 1.807) is 84.9 Å². The molecular formula is C40H36N4O7S. The summed E-state index contributed by atoms with van der Waals surface area (Å²) >= 11 is 1.25. The number of anilines is 2. The number of benzene rings is 5. The van der Waals surface area contributed by atoms with E-state index in [0.717, 1.165) is 0 Å². The zero-order chi connectivity index (χ0) is 37.0. The minimum Gasteiger partial charge on any atom is -0.496 e. The van der Waals surface area contributed by atoms with E-state index in [4.69, 9.17) is 19.9 Å². The highest BCUT2D eigenvalue weighted by Gasteiger charge is 2.24. The standard InChI is InChI=1S/C40H36N4O7S/c1-49-33-24-35(51-3)34(50-2)22-27(33)21-32(44-38(46)26-15-8-5-9-16-26)39(47)42-28-17-12-18-29(23-28)52-36(25-13-6-4-7-14-25)40(48)43-31-20-11-10-19-30(31)37(41)45/h4-24,36H,1-3H3,(H2,41,45)(H,42,47)(H,43,48)(H,44,46)/b32-21+. The monoisotopic (exact) mass is 716 g/mol. The van der Waals surface area contributed by atoms with Crippen molar-refractivity contribution in [3.05, 3.63) is 149 Å². The molecule has 0 aliphatic carbocycles. The fourth-order valence-electron chi connectivity index (χ4n) is 5.15. The van der Waals surface area contributed by atoms with Gasteiger partial charge in [-0.15, -0.1) is 11.8 Å². The molecule has 1 unspecified atom stereocenters. The first kappa shape index (κ1) is 36.7. The normalized spacial score (nSPS) is 11.5. The maximum Gasteiger partial charge on any atom is 0.272 e. The van der Waals surface area contributed by atoms with Crippen LogP contribution in [0.3, 0.4) is 0 Å². The molecule has 5 aromatic carbocycles. The molecule has 12 heteroatoms. The van der Waals surface area contributed by atoms with Crippen molar-refractivity contribution >= 4 is 52.8 Å². The lowest BCUT2D eigenvalue weighted by Crippen LogP contribution is -2.30. The largest absolute Gasteiger partial charge is 0.496 e.